The van der Waals surface area contributed by atoms with E-state index in [2.05, 4.69) is 12.1 Å². The standard InChI is InChI=1S/C17H14O2/c18-17-13-7-3-4-8-14(13)19-15-10-9-11-5-1-2-6-12(11)16(15)17/h1-8,15-16H,9-10H2/t15-,16+/m0/s1. The van der Waals surface area contributed by atoms with E-state index in [0.29, 0.717) is 0 Å². The first-order valence-corrected chi connectivity index (χ1v) is 6.72. The molecule has 0 N–H and O–H groups in total. The molecule has 0 spiro atoms. The minimum Gasteiger partial charge on any atom is -0.489 e. The van der Waals surface area contributed by atoms with Gasteiger partial charge in [0.05, 0.1) is 11.5 Å². The lowest BCUT2D eigenvalue weighted by atomic mass is 9.75. The molecule has 94 valence electrons. The molecule has 0 saturated heterocycles. The van der Waals surface area contributed by atoms with Crippen molar-refractivity contribution in [1.82, 2.24) is 0 Å². The van der Waals surface area contributed by atoms with Gasteiger partial charge in [-0.15, -0.1) is 0 Å². The van der Waals surface area contributed by atoms with Crippen LogP contribution in [-0.2, 0) is 6.42 Å². The Kier molecular flexibility index (Phi) is 2.25. The van der Waals surface area contributed by atoms with Crippen LogP contribution in [0.1, 0.15) is 33.8 Å². The van der Waals surface area contributed by atoms with Crippen molar-refractivity contribution in [2.45, 2.75) is 24.9 Å². The van der Waals surface area contributed by atoms with Gasteiger partial charge in [0.25, 0.3) is 0 Å². The Balaban J connectivity index is 1.87. The number of hydrogen-bond donors (Lipinski definition) is 0. The number of hydrogen-bond acceptors (Lipinski definition) is 2. The molecule has 2 atom stereocenters. The van der Waals surface area contributed by atoms with Crippen LogP contribution in [0.5, 0.6) is 5.75 Å². The fourth-order valence-corrected chi connectivity index (χ4v) is 3.27. The lowest BCUT2D eigenvalue weighted by molar-refractivity contribution is 0.0748. The maximum Gasteiger partial charge on any atom is 0.177 e. The summed E-state index contributed by atoms with van der Waals surface area (Å²) in [7, 11) is 0. The average molecular weight is 250 g/mol. The van der Waals surface area contributed by atoms with E-state index in [0.717, 1.165) is 29.7 Å². The largest absolute Gasteiger partial charge is 0.489 e. The summed E-state index contributed by atoms with van der Waals surface area (Å²) >= 11 is 0. The molecule has 0 aromatic heterocycles. The molecule has 2 aromatic carbocycles. The summed E-state index contributed by atoms with van der Waals surface area (Å²) in [6, 6.07) is 15.8. The molecule has 0 bridgehead atoms. The molecule has 19 heavy (non-hydrogen) atoms. The molecule has 1 heterocycles. The van der Waals surface area contributed by atoms with Crippen LogP contribution in [0.2, 0.25) is 0 Å². The van der Waals surface area contributed by atoms with E-state index in [1.807, 2.05) is 36.4 Å². The Morgan fingerprint density at radius 3 is 2.74 bits per heavy atom. The third-order valence-electron chi connectivity index (χ3n) is 4.17. The highest BCUT2D eigenvalue weighted by Crippen LogP contribution is 2.41. The first kappa shape index (κ1) is 10.8. The van der Waals surface area contributed by atoms with E-state index < -0.39 is 0 Å². The van der Waals surface area contributed by atoms with Crippen molar-refractivity contribution in [1.29, 1.82) is 0 Å². The molecule has 0 unspecified atom stereocenters. The quantitative estimate of drug-likeness (QED) is 0.716. The monoisotopic (exact) mass is 250 g/mol. The molecule has 2 nitrogen and oxygen atoms in total. The van der Waals surface area contributed by atoms with Crippen molar-refractivity contribution in [3.8, 4) is 5.75 Å². The van der Waals surface area contributed by atoms with E-state index in [9.17, 15) is 4.79 Å². The molecule has 0 saturated carbocycles. The molecule has 2 heteroatoms. The lowest BCUT2D eigenvalue weighted by Crippen LogP contribution is -2.39. The second kappa shape index (κ2) is 3.95. The van der Waals surface area contributed by atoms with Gasteiger partial charge in [0.2, 0.25) is 0 Å². The molecule has 1 aliphatic heterocycles. The number of aryl methyl sites for hydroxylation is 1. The van der Waals surface area contributed by atoms with Gasteiger partial charge in [-0.05, 0) is 36.1 Å². The van der Waals surface area contributed by atoms with Crippen LogP contribution in [0.4, 0.5) is 0 Å². The molecule has 0 amide bonds. The van der Waals surface area contributed by atoms with Gasteiger partial charge in [0, 0.05) is 0 Å². The number of carbonyl (C=O) groups excluding carboxylic acids is 1. The fraction of sp³-hybridized carbons (Fsp3) is 0.235. The Bertz CT molecular complexity index is 660. The van der Waals surface area contributed by atoms with Crippen LogP contribution in [0.25, 0.3) is 0 Å². The summed E-state index contributed by atoms with van der Waals surface area (Å²) in [4.78, 5) is 12.7. The maximum absolute atomic E-state index is 12.7. The normalized spacial score (nSPS) is 23.9. The summed E-state index contributed by atoms with van der Waals surface area (Å²) in [5.41, 5.74) is 3.17. The molecule has 0 fully saturated rings. The van der Waals surface area contributed by atoms with Gasteiger partial charge in [-0.2, -0.15) is 0 Å². The number of benzene rings is 2. The van der Waals surface area contributed by atoms with Gasteiger partial charge in [-0.25, -0.2) is 0 Å². The van der Waals surface area contributed by atoms with Crippen molar-refractivity contribution in [2.24, 2.45) is 0 Å². The smallest absolute Gasteiger partial charge is 0.177 e. The third-order valence-corrected chi connectivity index (χ3v) is 4.17. The van der Waals surface area contributed by atoms with E-state index in [-0.39, 0.29) is 17.8 Å². The zero-order valence-corrected chi connectivity index (χ0v) is 10.5. The summed E-state index contributed by atoms with van der Waals surface area (Å²) in [6.45, 7) is 0. The molecule has 0 radical (unpaired) electrons. The van der Waals surface area contributed by atoms with Crippen LogP contribution in [-0.4, -0.2) is 11.9 Å². The second-order valence-electron chi connectivity index (χ2n) is 5.23. The number of carbonyl (C=O) groups is 1. The number of fused-ring (bicyclic) bond motifs is 4. The lowest BCUT2D eigenvalue weighted by Gasteiger charge is -2.37. The summed E-state index contributed by atoms with van der Waals surface area (Å²) in [5.74, 6) is 0.826. The zero-order valence-electron chi connectivity index (χ0n) is 10.5. The summed E-state index contributed by atoms with van der Waals surface area (Å²) in [5, 5.41) is 0. The SMILES string of the molecule is O=C1c2ccccc2O[C@H]2CCc3ccccc3[C@@H]12. The fourth-order valence-electron chi connectivity index (χ4n) is 3.27. The summed E-state index contributed by atoms with van der Waals surface area (Å²) < 4.78 is 6.04. The van der Waals surface area contributed by atoms with E-state index in [1.165, 1.54) is 5.56 Å². The van der Waals surface area contributed by atoms with Crippen molar-refractivity contribution >= 4 is 5.78 Å². The molecule has 2 aromatic rings. The number of para-hydroxylation sites is 1. The Hall–Kier alpha value is -2.09. The molecule has 2 aliphatic rings. The number of ether oxygens (including phenoxy) is 1. The van der Waals surface area contributed by atoms with Crippen molar-refractivity contribution < 1.29 is 9.53 Å². The first-order chi connectivity index (χ1) is 9.34. The van der Waals surface area contributed by atoms with E-state index >= 15 is 0 Å². The summed E-state index contributed by atoms with van der Waals surface area (Å²) in [6.07, 6.45) is 1.91. The van der Waals surface area contributed by atoms with E-state index in [1.54, 1.807) is 0 Å². The van der Waals surface area contributed by atoms with Crippen LogP contribution in [0.3, 0.4) is 0 Å². The van der Waals surface area contributed by atoms with Gasteiger partial charge in [-0.3, -0.25) is 4.79 Å². The highest BCUT2D eigenvalue weighted by atomic mass is 16.5. The van der Waals surface area contributed by atoms with Gasteiger partial charge in [0.15, 0.2) is 5.78 Å². The third kappa shape index (κ3) is 1.53. The minimum atomic E-state index is -0.125. The number of rotatable bonds is 0. The maximum atomic E-state index is 12.7. The highest BCUT2D eigenvalue weighted by Gasteiger charge is 2.41. The van der Waals surface area contributed by atoms with Gasteiger partial charge in [-0.1, -0.05) is 36.4 Å². The molecular formula is C17H14O2. The molecule has 1 aliphatic carbocycles. The average Bonchev–Trinajstić information content (AvgIpc) is 2.47. The van der Waals surface area contributed by atoms with Gasteiger partial charge < -0.3 is 4.74 Å². The van der Waals surface area contributed by atoms with Gasteiger partial charge >= 0.3 is 0 Å². The number of Topliss-reactive ketones (excluding diaryl/α,β-unsaturated/α-hetero) is 1. The molecule has 4 rings (SSSR count). The number of ketones is 1. The van der Waals surface area contributed by atoms with E-state index in [4.69, 9.17) is 4.74 Å². The van der Waals surface area contributed by atoms with Crippen molar-refractivity contribution in [3.63, 3.8) is 0 Å². The highest BCUT2D eigenvalue weighted by molar-refractivity contribution is 6.04. The first-order valence-electron chi connectivity index (χ1n) is 6.72. The zero-order chi connectivity index (χ0) is 12.8. The topological polar surface area (TPSA) is 26.3 Å². The predicted molar refractivity (Wildman–Crippen MR) is 72.7 cm³/mol. The van der Waals surface area contributed by atoms with Crippen LogP contribution >= 0.6 is 0 Å². The van der Waals surface area contributed by atoms with Crippen molar-refractivity contribution in [2.75, 3.05) is 0 Å². The second-order valence-corrected chi connectivity index (χ2v) is 5.23. The Labute approximate surface area is 112 Å². The minimum absolute atomic E-state index is 0.00250. The van der Waals surface area contributed by atoms with Crippen LogP contribution < -0.4 is 4.74 Å². The van der Waals surface area contributed by atoms with Crippen LogP contribution in [0.15, 0.2) is 48.5 Å². The van der Waals surface area contributed by atoms with Crippen LogP contribution in [0, 0.1) is 0 Å². The Morgan fingerprint density at radius 1 is 1.00 bits per heavy atom. The van der Waals surface area contributed by atoms with Crippen molar-refractivity contribution in [3.05, 3.63) is 65.2 Å². The van der Waals surface area contributed by atoms with Gasteiger partial charge in [0.1, 0.15) is 11.9 Å². The Morgan fingerprint density at radius 2 is 1.79 bits per heavy atom. The predicted octanol–water partition coefficient (Wildman–Crippen LogP) is 3.36. The molecular weight excluding hydrogens is 236 g/mol.